The zero-order valence-corrected chi connectivity index (χ0v) is 14.0. The fraction of sp³-hybridized carbons (Fsp3) is 0.263. The third-order valence-corrected chi connectivity index (χ3v) is 4.80. The van der Waals surface area contributed by atoms with Crippen molar-refractivity contribution in [2.75, 3.05) is 13.1 Å². The van der Waals surface area contributed by atoms with Crippen molar-refractivity contribution < 1.29 is 9.90 Å². The molecular weight excluding hydrogens is 332 g/mol. The molecule has 132 valence electrons. The number of nitrogens with one attached hydrogen (secondary N) is 1. The molecule has 26 heavy (non-hydrogen) atoms. The summed E-state index contributed by atoms with van der Waals surface area (Å²) in [5.41, 5.74) is 1.73. The number of likely N-dealkylation sites (tertiary alicyclic amines) is 1. The number of carbonyl (C=O) groups is 1. The van der Waals surface area contributed by atoms with E-state index in [0.29, 0.717) is 13.0 Å². The van der Waals surface area contributed by atoms with E-state index in [1.807, 2.05) is 30.3 Å². The largest absolute Gasteiger partial charge is 0.391 e. The number of pyridine rings is 1. The maximum Gasteiger partial charge on any atom is 0.272 e. The summed E-state index contributed by atoms with van der Waals surface area (Å²) >= 11 is 0. The summed E-state index contributed by atoms with van der Waals surface area (Å²) in [6, 6.07) is 9.84. The van der Waals surface area contributed by atoms with Gasteiger partial charge in [0, 0.05) is 30.6 Å². The lowest BCUT2D eigenvalue weighted by Crippen LogP contribution is -2.31. The average Bonchev–Trinajstić information content (AvgIpc) is 3.02. The summed E-state index contributed by atoms with van der Waals surface area (Å²) in [5.74, 6) is -0.399. The van der Waals surface area contributed by atoms with Crippen LogP contribution < -0.4 is 5.56 Å². The van der Waals surface area contributed by atoms with Crippen LogP contribution in [0.2, 0.25) is 0 Å². The minimum atomic E-state index is -0.616. The Hall–Kier alpha value is -3.06. The van der Waals surface area contributed by atoms with Crippen molar-refractivity contribution in [3.63, 3.8) is 0 Å². The van der Waals surface area contributed by atoms with Gasteiger partial charge in [0.05, 0.1) is 24.0 Å². The molecule has 1 aliphatic rings. The molecule has 0 saturated carbocycles. The van der Waals surface area contributed by atoms with Crippen LogP contribution in [0.15, 0.2) is 53.7 Å². The van der Waals surface area contributed by atoms with Gasteiger partial charge in [0.15, 0.2) is 0 Å². The first-order valence-electron chi connectivity index (χ1n) is 8.46. The predicted octanol–water partition coefficient (Wildman–Crippen LogP) is 0.994. The Labute approximate surface area is 149 Å². The molecule has 2 aromatic heterocycles. The second-order valence-electron chi connectivity index (χ2n) is 6.54. The van der Waals surface area contributed by atoms with Gasteiger partial charge in [-0.15, -0.1) is 0 Å². The molecule has 0 spiro atoms. The zero-order valence-electron chi connectivity index (χ0n) is 14.0. The van der Waals surface area contributed by atoms with Gasteiger partial charge < -0.3 is 15.0 Å². The quantitative estimate of drug-likeness (QED) is 0.734. The lowest BCUT2D eigenvalue weighted by Gasteiger charge is -2.16. The predicted molar refractivity (Wildman–Crippen MR) is 95.7 cm³/mol. The molecule has 0 radical (unpaired) electrons. The number of aliphatic hydroxyl groups is 1. The van der Waals surface area contributed by atoms with Crippen LogP contribution in [0.1, 0.15) is 16.1 Å². The third kappa shape index (κ3) is 3.09. The van der Waals surface area contributed by atoms with E-state index in [0.717, 1.165) is 22.7 Å². The molecule has 7 heteroatoms. The maximum atomic E-state index is 12.5. The average molecular weight is 350 g/mol. The minimum Gasteiger partial charge on any atom is -0.391 e. The highest BCUT2D eigenvalue weighted by molar-refractivity contribution is 5.92. The molecule has 4 rings (SSSR count). The van der Waals surface area contributed by atoms with Gasteiger partial charge in [-0.25, -0.2) is 0 Å². The first-order chi connectivity index (χ1) is 12.6. The van der Waals surface area contributed by atoms with Crippen LogP contribution in [0.25, 0.3) is 10.9 Å². The molecule has 1 aromatic carbocycles. The van der Waals surface area contributed by atoms with Crippen molar-refractivity contribution in [1.82, 2.24) is 19.9 Å². The van der Waals surface area contributed by atoms with Gasteiger partial charge in [-0.1, -0.05) is 18.2 Å². The molecule has 0 bridgehead atoms. The third-order valence-electron chi connectivity index (χ3n) is 4.80. The summed E-state index contributed by atoms with van der Waals surface area (Å²) in [6.45, 7) is 0.664. The van der Waals surface area contributed by atoms with Crippen LogP contribution in [0.3, 0.4) is 0 Å². The number of aliphatic hydroxyl groups excluding tert-OH is 1. The lowest BCUT2D eigenvalue weighted by atomic mass is 9.94. The van der Waals surface area contributed by atoms with Gasteiger partial charge in [-0.3, -0.25) is 19.6 Å². The van der Waals surface area contributed by atoms with Crippen molar-refractivity contribution in [2.24, 2.45) is 5.92 Å². The molecule has 2 N–H and O–H groups in total. The van der Waals surface area contributed by atoms with Gasteiger partial charge in [0.1, 0.15) is 5.69 Å². The van der Waals surface area contributed by atoms with Crippen LogP contribution in [-0.4, -0.2) is 50.1 Å². The monoisotopic (exact) mass is 350 g/mol. The number of aromatic nitrogens is 3. The number of hydrogen-bond acceptors (Lipinski definition) is 5. The number of rotatable bonds is 3. The molecule has 0 aliphatic carbocycles. The van der Waals surface area contributed by atoms with Crippen molar-refractivity contribution in [3.8, 4) is 0 Å². The highest BCUT2D eigenvalue weighted by Gasteiger charge is 2.35. The maximum absolute atomic E-state index is 12.5. The molecule has 3 heterocycles. The normalized spacial score (nSPS) is 19.8. The first-order valence-corrected chi connectivity index (χ1v) is 8.46. The molecule has 3 aromatic rings. The first kappa shape index (κ1) is 16.4. The summed E-state index contributed by atoms with van der Waals surface area (Å²) in [7, 11) is 0. The van der Waals surface area contributed by atoms with Gasteiger partial charge in [-0.05, 0) is 24.1 Å². The van der Waals surface area contributed by atoms with Crippen LogP contribution >= 0.6 is 0 Å². The molecule has 1 aliphatic heterocycles. The number of hydrogen-bond donors (Lipinski definition) is 2. The number of H-pyrrole nitrogens is 1. The molecule has 0 unspecified atom stereocenters. The summed E-state index contributed by atoms with van der Waals surface area (Å²) in [5, 5.41) is 11.5. The van der Waals surface area contributed by atoms with E-state index in [9.17, 15) is 14.7 Å². The van der Waals surface area contributed by atoms with Crippen LogP contribution in [0.5, 0.6) is 0 Å². The second kappa shape index (κ2) is 6.68. The van der Waals surface area contributed by atoms with Crippen LogP contribution in [0.4, 0.5) is 0 Å². The Bertz CT molecular complexity index is 1010. The highest BCUT2D eigenvalue weighted by atomic mass is 16.3. The number of carbonyl (C=O) groups excluding carboxylic acids is 1. The van der Waals surface area contributed by atoms with Crippen LogP contribution in [0, 0.1) is 5.92 Å². The molecule has 2 atom stereocenters. The smallest absolute Gasteiger partial charge is 0.272 e. The molecular formula is C19H18N4O3. The topological polar surface area (TPSA) is 99.2 Å². The summed E-state index contributed by atoms with van der Waals surface area (Å²) in [6.07, 6.45) is 4.25. The van der Waals surface area contributed by atoms with Crippen molar-refractivity contribution in [3.05, 3.63) is 70.5 Å². The van der Waals surface area contributed by atoms with E-state index < -0.39 is 11.7 Å². The van der Waals surface area contributed by atoms with E-state index in [4.69, 9.17) is 0 Å². The minimum absolute atomic E-state index is 0.0758. The Kier molecular flexibility index (Phi) is 4.22. The van der Waals surface area contributed by atoms with Gasteiger partial charge in [-0.2, -0.15) is 0 Å². The second-order valence-corrected chi connectivity index (χ2v) is 6.54. The number of β-amino-alcohol motifs (C(OH)–C–C–N with tert-alkyl or cyclic N) is 1. The Morgan fingerprint density at radius 2 is 2.08 bits per heavy atom. The lowest BCUT2D eigenvalue weighted by molar-refractivity contribution is 0.0758. The van der Waals surface area contributed by atoms with Gasteiger partial charge in [0.25, 0.3) is 11.5 Å². The fourth-order valence-electron chi connectivity index (χ4n) is 3.49. The Morgan fingerprint density at radius 1 is 1.23 bits per heavy atom. The van der Waals surface area contributed by atoms with Crippen molar-refractivity contribution >= 4 is 16.8 Å². The Balaban J connectivity index is 1.54. The van der Waals surface area contributed by atoms with Crippen molar-refractivity contribution in [1.29, 1.82) is 0 Å². The fourth-order valence-corrected chi connectivity index (χ4v) is 3.49. The molecule has 1 fully saturated rings. The van der Waals surface area contributed by atoms with Gasteiger partial charge >= 0.3 is 0 Å². The van der Waals surface area contributed by atoms with E-state index in [-0.39, 0.29) is 24.1 Å². The van der Waals surface area contributed by atoms with E-state index in [1.54, 1.807) is 11.1 Å². The highest BCUT2D eigenvalue weighted by Crippen LogP contribution is 2.26. The standard InChI is InChI=1S/C19H18N4O3/c24-17-11-23(19(26)16-8-20-9-18(25)22-16)10-13(17)7-12-5-6-21-15-4-2-1-3-14(12)15/h1-6,8-9,13,17,24H,7,10-11H2,(H,22,25)/t13-,17-/m1/s1. The van der Waals surface area contributed by atoms with Crippen molar-refractivity contribution in [2.45, 2.75) is 12.5 Å². The zero-order chi connectivity index (χ0) is 18.1. The number of aromatic amines is 1. The number of nitrogens with zero attached hydrogens (tertiary/aromatic N) is 3. The van der Waals surface area contributed by atoms with Gasteiger partial charge in [0.2, 0.25) is 0 Å². The van der Waals surface area contributed by atoms with E-state index in [1.165, 1.54) is 6.20 Å². The SMILES string of the molecule is O=C(c1cncc(=O)[nH]1)N1C[C@@H](Cc2ccnc3ccccc23)[C@H](O)C1. The molecule has 1 saturated heterocycles. The van der Waals surface area contributed by atoms with E-state index >= 15 is 0 Å². The van der Waals surface area contributed by atoms with E-state index in [2.05, 4.69) is 15.0 Å². The molecule has 1 amide bonds. The number of benzene rings is 1. The number of para-hydroxylation sites is 1. The number of amides is 1. The summed E-state index contributed by atoms with van der Waals surface area (Å²) in [4.78, 5) is 36.1. The Morgan fingerprint density at radius 3 is 2.92 bits per heavy atom. The number of fused-ring (bicyclic) bond motifs is 1. The van der Waals surface area contributed by atoms with Crippen LogP contribution in [-0.2, 0) is 6.42 Å². The summed E-state index contributed by atoms with van der Waals surface area (Å²) < 4.78 is 0. The molecule has 7 nitrogen and oxygen atoms in total.